The first-order valence-corrected chi connectivity index (χ1v) is 9.50. The lowest BCUT2D eigenvalue weighted by atomic mass is 10.1. The fraction of sp³-hybridized carbons (Fsp3) is 0.182. The summed E-state index contributed by atoms with van der Waals surface area (Å²) in [6.07, 6.45) is 2.19. The van der Waals surface area contributed by atoms with E-state index in [0.29, 0.717) is 12.1 Å². The van der Waals surface area contributed by atoms with Gasteiger partial charge in [0.05, 0.1) is 0 Å². The van der Waals surface area contributed by atoms with Crippen molar-refractivity contribution in [2.75, 3.05) is 0 Å². The zero-order valence-electron chi connectivity index (χ0n) is 16.3. The van der Waals surface area contributed by atoms with Gasteiger partial charge in [-0.1, -0.05) is 48.5 Å². The fourth-order valence-corrected chi connectivity index (χ4v) is 3.13. The van der Waals surface area contributed by atoms with E-state index in [9.17, 15) is 14.0 Å². The molecule has 7 nitrogen and oxygen atoms in total. The van der Waals surface area contributed by atoms with Gasteiger partial charge in [-0.25, -0.2) is 9.37 Å². The summed E-state index contributed by atoms with van der Waals surface area (Å²) >= 11 is 0. The molecule has 0 aliphatic heterocycles. The highest BCUT2D eigenvalue weighted by Gasteiger charge is 2.18. The Labute approximate surface area is 171 Å². The van der Waals surface area contributed by atoms with E-state index in [-0.39, 0.29) is 29.2 Å². The number of hydrogen-bond donors (Lipinski definition) is 1. The highest BCUT2D eigenvalue weighted by atomic mass is 19.1. The first-order valence-electron chi connectivity index (χ1n) is 9.50. The van der Waals surface area contributed by atoms with E-state index in [4.69, 9.17) is 4.52 Å². The van der Waals surface area contributed by atoms with Crippen molar-refractivity contribution in [2.45, 2.75) is 26.4 Å². The van der Waals surface area contributed by atoms with Crippen LogP contribution in [0.15, 0.2) is 64.2 Å². The maximum Gasteiger partial charge on any atom is 0.267 e. The van der Waals surface area contributed by atoms with Crippen LogP contribution in [0, 0.1) is 5.82 Å². The van der Waals surface area contributed by atoms with Crippen molar-refractivity contribution in [1.82, 2.24) is 20.0 Å². The molecular formula is C22H19FN4O3. The Bertz CT molecular complexity index is 1260. The fourth-order valence-electron chi connectivity index (χ4n) is 3.13. The molecule has 1 amide bonds. The third-order valence-corrected chi connectivity index (χ3v) is 4.80. The van der Waals surface area contributed by atoms with E-state index in [2.05, 4.69) is 22.4 Å². The third-order valence-electron chi connectivity index (χ3n) is 4.80. The first kappa shape index (κ1) is 19.5. The van der Waals surface area contributed by atoms with Gasteiger partial charge in [0.2, 0.25) is 5.91 Å². The van der Waals surface area contributed by atoms with Gasteiger partial charge in [0.15, 0.2) is 0 Å². The number of aromatic nitrogens is 3. The van der Waals surface area contributed by atoms with Gasteiger partial charge >= 0.3 is 0 Å². The Morgan fingerprint density at radius 2 is 1.93 bits per heavy atom. The third kappa shape index (κ3) is 3.98. The molecule has 2 heterocycles. The summed E-state index contributed by atoms with van der Waals surface area (Å²) in [5, 5.41) is 6.76. The number of rotatable bonds is 6. The van der Waals surface area contributed by atoms with E-state index < -0.39 is 11.4 Å². The normalized spacial score (nSPS) is 11.0. The number of nitrogens with zero attached hydrogens (tertiary/aromatic N) is 3. The van der Waals surface area contributed by atoms with Crippen LogP contribution in [0.25, 0.3) is 22.4 Å². The number of carbonyl (C=O) groups excluding carboxylic acids is 1. The number of benzene rings is 2. The second-order valence-electron chi connectivity index (χ2n) is 6.85. The molecule has 2 aromatic carbocycles. The number of fused-ring (bicyclic) bond motifs is 1. The highest BCUT2D eigenvalue weighted by molar-refractivity contribution is 5.88. The van der Waals surface area contributed by atoms with E-state index in [1.54, 1.807) is 6.07 Å². The highest BCUT2D eigenvalue weighted by Crippen LogP contribution is 2.24. The molecule has 0 atom stereocenters. The topological polar surface area (TPSA) is 90.0 Å². The lowest BCUT2D eigenvalue weighted by molar-refractivity contribution is -0.121. The van der Waals surface area contributed by atoms with Crippen LogP contribution in [0.3, 0.4) is 0 Å². The Morgan fingerprint density at radius 1 is 1.17 bits per heavy atom. The van der Waals surface area contributed by atoms with Gasteiger partial charge in [-0.05, 0) is 29.7 Å². The molecule has 0 spiro atoms. The van der Waals surface area contributed by atoms with Crippen molar-refractivity contribution in [2.24, 2.45) is 0 Å². The molecule has 0 bridgehead atoms. The molecule has 152 valence electrons. The molecule has 0 radical (unpaired) electrons. The molecule has 1 N–H and O–H groups in total. The quantitative estimate of drug-likeness (QED) is 0.532. The molecule has 0 saturated heterocycles. The average Bonchev–Trinajstić information content (AvgIpc) is 3.20. The number of nitrogens with one attached hydrogen (secondary N) is 1. The van der Waals surface area contributed by atoms with Crippen LogP contribution in [0.2, 0.25) is 0 Å². The standard InChI is InChI=1S/C22H19FN4O3/c1-2-14-6-8-15(9-7-14)11-24-18(28)12-27-13-25-21-19(22(27)29)20(26-30-21)16-4-3-5-17(23)10-16/h3-10,13H,2,11-12H2,1H3,(H,24,28). The van der Waals surface area contributed by atoms with E-state index >= 15 is 0 Å². The maximum atomic E-state index is 13.6. The summed E-state index contributed by atoms with van der Waals surface area (Å²) in [4.78, 5) is 29.3. The van der Waals surface area contributed by atoms with Crippen molar-refractivity contribution < 1.29 is 13.7 Å². The summed E-state index contributed by atoms with van der Waals surface area (Å²) in [7, 11) is 0. The smallest absolute Gasteiger partial charge is 0.267 e. The molecular weight excluding hydrogens is 387 g/mol. The SMILES string of the molecule is CCc1ccc(CNC(=O)Cn2cnc3onc(-c4cccc(F)c4)c3c2=O)cc1. The number of halogens is 1. The molecule has 0 saturated carbocycles. The average molecular weight is 406 g/mol. The minimum Gasteiger partial charge on any atom is -0.350 e. The molecule has 8 heteroatoms. The Morgan fingerprint density at radius 3 is 2.67 bits per heavy atom. The Balaban J connectivity index is 1.54. The monoisotopic (exact) mass is 406 g/mol. The number of carbonyl (C=O) groups is 1. The van der Waals surface area contributed by atoms with Gasteiger partial charge in [0, 0.05) is 12.1 Å². The van der Waals surface area contributed by atoms with E-state index in [1.807, 2.05) is 24.3 Å². The van der Waals surface area contributed by atoms with Crippen LogP contribution in [0.5, 0.6) is 0 Å². The summed E-state index contributed by atoms with van der Waals surface area (Å²) < 4.78 is 19.9. The van der Waals surface area contributed by atoms with Gasteiger partial charge in [-0.3, -0.25) is 14.2 Å². The van der Waals surface area contributed by atoms with Crippen molar-refractivity contribution in [3.8, 4) is 11.3 Å². The van der Waals surface area contributed by atoms with Crippen molar-refractivity contribution >= 4 is 17.0 Å². The largest absolute Gasteiger partial charge is 0.350 e. The van der Waals surface area contributed by atoms with Gasteiger partial charge in [-0.2, -0.15) is 0 Å². The van der Waals surface area contributed by atoms with Crippen LogP contribution in [0.1, 0.15) is 18.1 Å². The minimum absolute atomic E-state index is 0.0342. The van der Waals surface area contributed by atoms with Crippen LogP contribution in [0.4, 0.5) is 4.39 Å². The van der Waals surface area contributed by atoms with Crippen LogP contribution >= 0.6 is 0 Å². The first-order chi connectivity index (χ1) is 14.5. The Hall–Kier alpha value is -3.81. The second kappa shape index (κ2) is 8.28. The number of hydrogen-bond acceptors (Lipinski definition) is 5. The van der Waals surface area contributed by atoms with Crippen LogP contribution in [-0.4, -0.2) is 20.6 Å². The molecule has 0 unspecified atom stereocenters. The number of amides is 1. The van der Waals surface area contributed by atoms with Crippen LogP contribution in [-0.2, 0) is 24.3 Å². The molecule has 0 aliphatic rings. The molecule has 30 heavy (non-hydrogen) atoms. The van der Waals surface area contributed by atoms with Gasteiger partial charge in [-0.15, -0.1) is 0 Å². The zero-order valence-corrected chi connectivity index (χ0v) is 16.3. The minimum atomic E-state index is -0.483. The zero-order chi connectivity index (χ0) is 21.1. The lowest BCUT2D eigenvalue weighted by Crippen LogP contribution is -2.32. The molecule has 4 aromatic rings. The van der Waals surface area contributed by atoms with Gasteiger partial charge in [0.25, 0.3) is 11.3 Å². The van der Waals surface area contributed by atoms with Crippen molar-refractivity contribution in [3.05, 3.63) is 82.2 Å². The summed E-state index contributed by atoms with van der Waals surface area (Å²) in [5.74, 6) is -0.791. The van der Waals surface area contributed by atoms with Gasteiger partial charge < -0.3 is 9.84 Å². The molecule has 0 fully saturated rings. The summed E-state index contributed by atoms with van der Waals surface area (Å²) in [5.41, 5.74) is 2.32. The Kier molecular flexibility index (Phi) is 5.38. The summed E-state index contributed by atoms with van der Waals surface area (Å²) in [6.45, 7) is 2.23. The molecule has 4 rings (SSSR count). The maximum absolute atomic E-state index is 13.6. The van der Waals surface area contributed by atoms with E-state index in [0.717, 1.165) is 12.0 Å². The predicted octanol–water partition coefficient (Wildman–Crippen LogP) is 3.07. The van der Waals surface area contributed by atoms with Crippen molar-refractivity contribution in [1.29, 1.82) is 0 Å². The lowest BCUT2D eigenvalue weighted by Gasteiger charge is -2.08. The van der Waals surface area contributed by atoms with E-state index in [1.165, 1.54) is 34.7 Å². The second-order valence-corrected chi connectivity index (χ2v) is 6.85. The number of aryl methyl sites for hydroxylation is 1. The predicted molar refractivity (Wildman–Crippen MR) is 109 cm³/mol. The van der Waals surface area contributed by atoms with Gasteiger partial charge in [0.1, 0.15) is 29.8 Å². The molecule has 2 aromatic heterocycles. The van der Waals surface area contributed by atoms with Crippen LogP contribution < -0.4 is 10.9 Å². The summed E-state index contributed by atoms with van der Waals surface area (Å²) in [6, 6.07) is 13.6. The van der Waals surface area contributed by atoms with Crippen molar-refractivity contribution in [3.63, 3.8) is 0 Å². The molecule has 0 aliphatic carbocycles.